The van der Waals surface area contributed by atoms with Crippen LogP contribution in [0.1, 0.15) is 48.1 Å². The summed E-state index contributed by atoms with van der Waals surface area (Å²) < 4.78 is 0. The lowest BCUT2D eigenvalue weighted by Gasteiger charge is -2.33. The first-order valence-corrected chi connectivity index (χ1v) is 9.14. The van der Waals surface area contributed by atoms with Crippen molar-refractivity contribution < 1.29 is 4.79 Å². The Kier molecular flexibility index (Phi) is 11.8. The van der Waals surface area contributed by atoms with Gasteiger partial charge in [0, 0.05) is 31.6 Å². The molecular formula is C16H30Cl2N4OS. The topological polar surface area (TPSA) is 62.5 Å². The molecule has 1 aromatic rings. The van der Waals surface area contributed by atoms with Crippen molar-refractivity contribution in [3.05, 3.63) is 16.1 Å². The molecule has 1 amide bonds. The van der Waals surface area contributed by atoms with Crippen LogP contribution in [0, 0.1) is 5.92 Å². The van der Waals surface area contributed by atoms with Crippen LogP contribution in [0.3, 0.4) is 0 Å². The molecule has 2 N–H and O–H groups in total. The number of carbonyl (C=O) groups is 1. The number of nitrogens with zero attached hydrogens (tertiary/aromatic N) is 3. The molecule has 2 heterocycles. The number of carbonyl (C=O) groups excluding carboxylic acids is 1. The Labute approximate surface area is 161 Å². The number of halogens is 2. The number of rotatable bonds is 7. The van der Waals surface area contributed by atoms with Crippen molar-refractivity contribution in [2.24, 2.45) is 11.7 Å². The van der Waals surface area contributed by atoms with Crippen molar-refractivity contribution in [2.75, 3.05) is 33.2 Å². The molecule has 0 bridgehead atoms. The third-order valence-corrected chi connectivity index (χ3v) is 5.18. The number of piperidine rings is 1. The second-order valence-corrected chi connectivity index (χ2v) is 7.12. The number of hydrogen-bond donors (Lipinski definition) is 1. The molecule has 24 heavy (non-hydrogen) atoms. The maximum absolute atomic E-state index is 12.4. The molecule has 0 aromatic carbocycles. The van der Waals surface area contributed by atoms with E-state index in [0.717, 1.165) is 37.5 Å². The third-order valence-electron chi connectivity index (χ3n) is 4.31. The van der Waals surface area contributed by atoms with Crippen molar-refractivity contribution in [2.45, 2.75) is 39.2 Å². The average molecular weight is 397 g/mol. The predicted molar refractivity (Wildman–Crippen MR) is 106 cm³/mol. The lowest BCUT2D eigenvalue weighted by molar-refractivity contribution is 0.0668. The van der Waals surface area contributed by atoms with Gasteiger partial charge in [-0.1, -0.05) is 13.3 Å². The molecule has 8 heteroatoms. The Morgan fingerprint density at radius 1 is 1.42 bits per heavy atom. The highest BCUT2D eigenvalue weighted by Gasteiger charge is 2.25. The molecular weight excluding hydrogens is 367 g/mol. The van der Waals surface area contributed by atoms with Crippen LogP contribution in [0.15, 0.2) is 5.38 Å². The smallest absolute Gasteiger partial charge is 0.273 e. The van der Waals surface area contributed by atoms with Gasteiger partial charge in [0.15, 0.2) is 0 Å². The zero-order valence-electron chi connectivity index (χ0n) is 14.6. The van der Waals surface area contributed by atoms with Gasteiger partial charge in [0.1, 0.15) is 10.7 Å². The number of likely N-dealkylation sites (tertiary alicyclic amines) is 1. The highest BCUT2D eigenvalue weighted by atomic mass is 35.5. The summed E-state index contributed by atoms with van der Waals surface area (Å²) >= 11 is 1.47. The number of unbranched alkanes of at least 4 members (excludes halogenated alkanes) is 1. The highest BCUT2D eigenvalue weighted by molar-refractivity contribution is 7.09. The molecule has 1 aliphatic rings. The van der Waals surface area contributed by atoms with Gasteiger partial charge in [0.2, 0.25) is 0 Å². The number of nitrogens with two attached hydrogens (primary N) is 1. The van der Waals surface area contributed by atoms with E-state index in [0.29, 0.717) is 18.2 Å². The van der Waals surface area contributed by atoms with E-state index >= 15 is 0 Å². The summed E-state index contributed by atoms with van der Waals surface area (Å²) in [5, 5.41) is 2.66. The fraction of sp³-hybridized carbons (Fsp3) is 0.750. The fourth-order valence-corrected chi connectivity index (χ4v) is 3.59. The summed E-state index contributed by atoms with van der Waals surface area (Å²) in [7, 11) is 2.21. The van der Waals surface area contributed by atoms with Crippen LogP contribution in [0.25, 0.3) is 0 Å². The minimum atomic E-state index is 0. The van der Waals surface area contributed by atoms with Gasteiger partial charge in [-0.25, -0.2) is 4.98 Å². The monoisotopic (exact) mass is 396 g/mol. The molecule has 0 aliphatic carbocycles. The molecule has 0 radical (unpaired) electrons. The number of aromatic nitrogens is 1. The molecule has 0 unspecified atom stereocenters. The van der Waals surface area contributed by atoms with E-state index in [9.17, 15) is 4.79 Å². The average Bonchev–Trinajstić information content (AvgIpc) is 3.02. The van der Waals surface area contributed by atoms with Crippen LogP contribution < -0.4 is 5.73 Å². The second-order valence-electron chi connectivity index (χ2n) is 6.18. The van der Waals surface area contributed by atoms with Gasteiger partial charge < -0.3 is 15.5 Å². The van der Waals surface area contributed by atoms with E-state index in [-0.39, 0.29) is 30.7 Å². The lowest BCUT2D eigenvalue weighted by atomic mass is 9.96. The van der Waals surface area contributed by atoms with E-state index in [1.54, 1.807) is 0 Å². The van der Waals surface area contributed by atoms with Crippen LogP contribution in [0.2, 0.25) is 0 Å². The molecule has 0 saturated carbocycles. The first kappa shape index (κ1) is 23.6. The third kappa shape index (κ3) is 6.84. The van der Waals surface area contributed by atoms with Crippen molar-refractivity contribution in [3.8, 4) is 0 Å². The highest BCUT2D eigenvalue weighted by Crippen LogP contribution is 2.20. The molecule has 5 nitrogen and oxygen atoms in total. The van der Waals surface area contributed by atoms with Gasteiger partial charge in [-0.3, -0.25) is 4.79 Å². The Morgan fingerprint density at radius 2 is 2.08 bits per heavy atom. The normalized spacial score (nSPS) is 15.1. The molecule has 0 spiro atoms. The maximum atomic E-state index is 12.4. The molecule has 2 rings (SSSR count). The van der Waals surface area contributed by atoms with Crippen molar-refractivity contribution in [1.29, 1.82) is 0 Å². The Hall–Kier alpha value is -0.400. The van der Waals surface area contributed by atoms with E-state index in [4.69, 9.17) is 5.73 Å². The molecule has 1 fully saturated rings. The van der Waals surface area contributed by atoms with E-state index < -0.39 is 0 Å². The Bertz CT molecular complexity index is 478. The minimum absolute atomic E-state index is 0. The summed E-state index contributed by atoms with van der Waals surface area (Å²) in [4.78, 5) is 21.1. The van der Waals surface area contributed by atoms with Crippen LogP contribution in [0.4, 0.5) is 0 Å². The summed E-state index contributed by atoms with van der Waals surface area (Å²) in [6.45, 7) is 6.66. The van der Waals surface area contributed by atoms with Gasteiger partial charge in [-0.15, -0.1) is 36.2 Å². The standard InChI is InChI=1S/C16H28N4OS.2ClH/c1-3-4-7-19(2)11-13-5-8-20(9-6-13)16(21)14-12-22-15(10-17)18-14;;/h12-13H,3-11,17H2,1-2H3;2*1H. The van der Waals surface area contributed by atoms with Crippen LogP contribution in [-0.2, 0) is 6.54 Å². The van der Waals surface area contributed by atoms with Gasteiger partial charge in [0.05, 0.1) is 0 Å². The summed E-state index contributed by atoms with van der Waals surface area (Å²) in [6.07, 6.45) is 4.70. The number of thiazole rings is 1. The largest absolute Gasteiger partial charge is 0.337 e. The minimum Gasteiger partial charge on any atom is -0.337 e. The van der Waals surface area contributed by atoms with Gasteiger partial charge in [0.25, 0.3) is 5.91 Å². The fourth-order valence-electron chi connectivity index (χ4n) is 2.94. The summed E-state index contributed by atoms with van der Waals surface area (Å²) in [6, 6.07) is 0. The molecule has 1 aliphatic heterocycles. The van der Waals surface area contributed by atoms with E-state index in [1.165, 1.54) is 30.7 Å². The number of amides is 1. The Balaban J connectivity index is 0.00000264. The van der Waals surface area contributed by atoms with Crippen LogP contribution in [-0.4, -0.2) is 53.9 Å². The Morgan fingerprint density at radius 3 is 2.62 bits per heavy atom. The second kappa shape index (κ2) is 12.0. The van der Waals surface area contributed by atoms with Crippen molar-refractivity contribution in [3.63, 3.8) is 0 Å². The molecule has 0 atom stereocenters. The van der Waals surface area contributed by atoms with E-state index in [2.05, 4.69) is 23.9 Å². The first-order valence-electron chi connectivity index (χ1n) is 8.26. The molecule has 1 aromatic heterocycles. The number of hydrogen-bond acceptors (Lipinski definition) is 5. The van der Waals surface area contributed by atoms with Crippen molar-refractivity contribution in [1.82, 2.24) is 14.8 Å². The van der Waals surface area contributed by atoms with Crippen molar-refractivity contribution >= 4 is 42.1 Å². The maximum Gasteiger partial charge on any atom is 0.273 e. The molecule has 1 saturated heterocycles. The zero-order valence-corrected chi connectivity index (χ0v) is 17.0. The molecule has 140 valence electrons. The van der Waals surface area contributed by atoms with Crippen LogP contribution >= 0.6 is 36.2 Å². The van der Waals surface area contributed by atoms with Gasteiger partial charge in [-0.05, 0) is 38.8 Å². The quantitative estimate of drug-likeness (QED) is 0.768. The van der Waals surface area contributed by atoms with Gasteiger partial charge >= 0.3 is 0 Å². The lowest BCUT2D eigenvalue weighted by Crippen LogP contribution is -2.41. The summed E-state index contributed by atoms with van der Waals surface area (Å²) in [5.74, 6) is 0.773. The van der Waals surface area contributed by atoms with Crippen LogP contribution in [0.5, 0.6) is 0 Å². The SMILES string of the molecule is CCCCN(C)CC1CCN(C(=O)c2csc(CN)n2)CC1.Cl.Cl. The van der Waals surface area contributed by atoms with E-state index in [1.807, 2.05) is 10.3 Å². The predicted octanol–water partition coefficient (Wildman–Crippen LogP) is 3.03. The first-order chi connectivity index (χ1) is 10.6. The van der Waals surface area contributed by atoms with Gasteiger partial charge in [-0.2, -0.15) is 0 Å². The zero-order chi connectivity index (χ0) is 15.9. The summed E-state index contributed by atoms with van der Waals surface area (Å²) in [5.41, 5.74) is 6.12.